The van der Waals surface area contributed by atoms with E-state index in [9.17, 15) is 8.78 Å². The minimum Gasteiger partial charge on any atom is -0.201 e. The first-order valence-electron chi connectivity index (χ1n) is 5.13. The van der Waals surface area contributed by atoms with Gasteiger partial charge in [0.15, 0.2) is 0 Å². The van der Waals surface area contributed by atoms with E-state index in [0.717, 1.165) is 12.0 Å². The lowest BCUT2D eigenvalue weighted by atomic mass is 10.0. The van der Waals surface area contributed by atoms with Crippen LogP contribution in [0.25, 0.3) is 0 Å². The van der Waals surface area contributed by atoms with Crippen LogP contribution in [-0.2, 0) is 12.3 Å². The van der Waals surface area contributed by atoms with Crippen LogP contribution >= 0.6 is 11.6 Å². The Kier molecular flexibility index (Phi) is 4.52. The lowest BCUT2D eigenvalue weighted by Crippen LogP contribution is -2.12. The molecule has 0 nitrogen and oxygen atoms in total. The number of alkyl halides is 3. The van der Waals surface area contributed by atoms with E-state index in [4.69, 9.17) is 11.6 Å². The van der Waals surface area contributed by atoms with Gasteiger partial charge in [-0.2, -0.15) is 0 Å². The van der Waals surface area contributed by atoms with Crippen molar-refractivity contribution in [1.82, 2.24) is 0 Å². The zero-order chi connectivity index (χ0) is 11.3. The molecule has 0 atom stereocenters. The fourth-order valence-electron chi connectivity index (χ4n) is 1.48. The highest BCUT2D eigenvalue weighted by molar-refractivity contribution is 6.17. The van der Waals surface area contributed by atoms with Crippen molar-refractivity contribution in [2.24, 2.45) is 0 Å². The summed E-state index contributed by atoms with van der Waals surface area (Å²) in [5, 5.41) is 0. The first-order valence-corrected chi connectivity index (χ1v) is 5.67. The number of aryl methyl sites for hydroxylation is 1. The standard InChI is InChI=1S/C12H15ClF2/c1-2-8-12(14,15)11-5-3-10(4-6-11)7-9-13/h3-6H,2,7-9H2,1H3. The molecule has 0 radical (unpaired) electrons. The molecule has 0 saturated carbocycles. The molecule has 3 heteroatoms. The molecule has 0 spiro atoms. The Hall–Kier alpha value is -0.630. The minimum atomic E-state index is -2.70. The highest BCUT2D eigenvalue weighted by atomic mass is 35.5. The molecule has 0 aliphatic rings. The molecule has 0 N–H and O–H groups in total. The van der Waals surface area contributed by atoms with Gasteiger partial charge in [-0.15, -0.1) is 11.6 Å². The largest absolute Gasteiger partial charge is 0.273 e. The third-order valence-electron chi connectivity index (χ3n) is 2.32. The van der Waals surface area contributed by atoms with Gasteiger partial charge in [-0.3, -0.25) is 0 Å². The third-order valence-corrected chi connectivity index (χ3v) is 2.51. The predicted molar refractivity (Wildman–Crippen MR) is 59.7 cm³/mol. The van der Waals surface area contributed by atoms with E-state index in [-0.39, 0.29) is 12.0 Å². The van der Waals surface area contributed by atoms with Crippen molar-refractivity contribution >= 4 is 11.6 Å². The Labute approximate surface area is 94.3 Å². The van der Waals surface area contributed by atoms with Crippen molar-refractivity contribution in [2.45, 2.75) is 32.1 Å². The van der Waals surface area contributed by atoms with Crippen LogP contribution in [0.15, 0.2) is 24.3 Å². The fraction of sp³-hybridized carbons (Fsp3) is 0.500. The number of rotatable bonds is 5. The molecule has 1 aromatic rings. The smallest absolute Gasteiger partial charge is 0.201 e. The summed E-state index contributed by atoms with van der Waals surface area (Å²) in [7, 11) is 0. The quantitative estimate of drug-likeness (QED) is 0.662. The molecule has 1 rings (SSSR count). The summed E-state index contributed by atoms with van der Waals surface area (Å²) >= 11 is 5.57. The van der Waals surface area contributed by atoms with Gasteiger partial charge in [0.05, 0.1) is 0 Å². The molecule has 0 aliphatic carbocycles. The van der Waals surface area contributed by atoms with Crippen LogP contribution in [0.3, 0.4) is 0 Å². The second-order valence-corrected chi connectivity index (χ2v) is 3.97. The number of halogens is 3. The lowest BCUT2D eigenvalue weighted by Gasteiger charge is -2.15. The van der Waals surface area contributed by atoms with Gasteiger partial charge < -0.3 is 0 Å². The molecule has 0 saturated heterocycles. The summed E-state index contributed by atoms with van der Waals surface area (Å²) in [6.45, 7) is 1.76. The van der Waals surface area contributed by atoms with Gasteiger partial charge in [-0.25, -0.2) is 8.78 Å². The molecule has 0 bridgehead atoms. The Bertz CT molecular complexity index is 293. The maximum atomic E-state index is 13.4. The maximum absolute atomic E-state index is 13.4. The summed E-state index contributed by atoms with van der Waals surface area (Å²) in [6.07, 6.45) is 1.11. The average molecular weight is 233 g/mol. The second-order valence-electron chi connectivity index (χ2n) is 3.59. The van der Waals surface area contributed by atoms with Gasteiger partial charge in [0.25, 0.3) is 5.92 Å². The SMILES string of the molecule is CCCC(F)(F)c1ccc(CCCl)cc1. The molecule has 0 heterocycles. The summed E-state index contributed by atoms with van der Waals surface area (Å²) in [5.41, 5.74) is 1.10. The lowest BCUT2D eigenvalue weighted by molar-refractivity contribution is -0.0140. The van der Waals surface area contributed by atoms with Gasteiger partial charge in [0.2, 0.25) is 0 Å². The number of hydrogen-bond donors (Lipinski definition) is 0. The molecule has 1 aromatic carbocycles. The van der Waals surface area contributed by atoms with Gasteiger partial charge in [0, 0.05) is 17.9 Å². The fourth-order valence-corrected chi connectivity index (χ4v) is 1.70. The van der Waals surface area contributed by atoms with E-state index < -0.39 is 5.92 Å². The topological polar surface area (TPSA) is 0 Å². The van der Waals surface area contributed by atoms with Crippen LogP contribution in [0.1, 0.15) is 30.9 Å². The first-order chi connectivity index (χ1) is 7.10. The molecule has 0 unspecified atom stereocenters. The molecule has 0 aliphatic heterocycles. The Balaban J connectivity index is 2.78. The van der Waals surface area contributed by atoms with Crippen molar-refractivity contribution in [3.05, 3.63) is 35.4 Å². The molecule has 0 aromatic heterocycles. The Morgan fingerprint density at radius 1 is 1.20 bits per heavy atom. The van der Waals surface area contributed by atoms with E-state index >= 15 is 0 Å². The van der Waals surface area contributed by atoms with E-state index in [2.05, 4.69) is 0 Å². The number of hydrogen-bond acceptors (Lipinski definition) is 0. The van der Waals surface area contributed by atoms with Crippen LogP contribution in [-0.4, -0.2) is 5.88 Å². The number of benzene rings is 1. The highest BCUT2D eigenvalue weighted by Gasteiger charge is 2.29. The van der Waals surface area contributed by atoms with E-state index in [1.54, 1.807) is 19.1 Å². The molecular weight excluding hydrogens is 218 g/mol. The Morgan fingerprint density at radius 2 is 1.80 bits per heavy atom. The summed E-state index contributed by atoms with van der Waals surface area (Å²) in [4.78, 5) is 0. The summed E-state index contributed by atoms with van der Waals surface area (Å²) < 4.78 is 26.9. The zero-order valence-corrected chi connectivity index (χ0v) is 9.53. The molecule has 0 fully saturated rings. The molecule has 15 heavy (non-hydrogen) atoms. The minimum absolute atomic E-state index is 0.0954. The molecule has 0 amide bonds. The van der Waals surface area contributed by atoms with Crippen LogP contribution in [0, 0.1) is 0 Å². The van der Waals surface area contributed by atoms with Crippen molar-refractivity contribution in [1.29, 1.82) is 0 Å². The monoisotopic (exact) mass is 232 g/mol. The van der Waals surface area contributed by atoms with Gasteiger partial charge >= 0.3 is 0 Å². The Morgan fingerprint density at radius 3 is 2.27 bits per heavy atom. The van der Waals surface area contributed by atoms with Crippen LogP contribution < -0.4 is 0 Å². The molecule has 84 valence electrons. The van der Waals surface area contributed by atoms with Crippen LogP contribution in [0.4, 0.5) is 8.78 Å². The van der Waals surface area contributed by atoms with Crippen molar-refractivity contribution in [3.63, 3.8) is 0 Å². The van der Waals surface area contributed by atoms with Gasteiger partial charge in [-0.1, -0.05) is 37.6 Å². The predicted octanol–water partition coefficient (Wildman–Crippen LogP) is 4.36. The zero-order valence-electron chi connectivity index (χ0n) is 8.77. The van der Waals surface area contributed by atoms with Crippen molar-refractivity contribution < 1.29 is 8.78 Å². The first kappa shape index (κ1) is 12.4. The van der Waals surface area contributed by atoms with E-state index in [0.29, 0.717) is 12.3 Å². The van der Waals surface area contributed by atoms with Crippen LogP contribution in [0.2, 0.25) is 0 Å². The maximum Gasteiger partial charge on any atom is 0.273 e. The summed E-state index contributed by atoms with van der Waals surface area (Å²) in [6, 6.07) is 6.44. The van der Waals surface area contributed by atoms with Gasteiger partial charge in [0.1, 0.15) is 0 Å². The van der Waals surface area contributed by atoms with E-state index in [1.165, 1.54) is 12.1 Å². The average Bonchev–Trinajstić information content (AvgIpc) is 2.19. The van der Waals surface area contributed by atoms with Crippen molar-refractivity contribution in [2.75, 3.05) is 5.88 Å². The molecular formula is C12H15ClF2. The second kappa shape index (κ2) is 5.45. The third kappa shape index (κ3) is 3.45. The van der Waals surface area contributed by atoms with Crippen molar-refractivity contribution in [3.8, 4) is 0 Å². The summed E-state index contributed by atoms with van der Waals surface area (Å²) in [5.74, 6) is -2.18. The van der Waals surface area contributed by atoms with Crippen LogP contribution in [0.5, 0.6) is 0 Å². The van der Waals surface area contributed by atoms with Gasteiger partial charge in [-0.05, 0) is 12.0 Å². The normalized spacial score (nSPS) is 11.7. The highest BCUT2D eigenvalue weighted by Crippen LogP contribution is 2.32. The van der Waals surface area contributed by atoms with E-state index in [1.807, 2.05) is 0 Å².